The van der Waals surface area contributed by atoms with Crippen molar-refractivity contribution >= 4 is 11.9 Å². The van der Waals surface area contributed by atoms with E-state index < -0.39 is 5.97 Å². The van der Waals surface area contributed by atoms with Crippen LogP contribution in [0.1, 0.15) is 35.6 Å². The zero-order valence-corrected chi connectivity index (χ0v) is 16.7. The zero-order chi connectivity index (χ0) is 20.9. The van der Waals surface area contributed by atoms with E-state index >= 15 is 0 Å². The van der Waals surface area contributed by atoms with Gasteiger partial charge in [0.15, 0.2) is 13.2 Å². The molecule has 0 radical (unpaired) electrons. The van der Waals surface area contributed by atoms with Crippen LogP contribution in [0.5, 0.6) is 0 Å². The van der Waals surface area contributed by atoms with Gasteiger partial charge in [0.25, 0.3) is 5.91 Å². The highest BCUT2D eigenvalue weighted by atomic mass is 16.5. The second kappa shape index (κ2) is 8.86. The summed E-state index contributed by atoms with van der Waals surface area (Å²) in [5, 5.41) is 15.0. The molecule has 1 amide bonds. The average molecular weight is 405 g/mol. The first-order chi connectivity index (χ1) is 14.6. The third-order valence-corrected chi connectivity index (χ3v) is 5.10. The van der Waals surface area contributed by atoms with Crippen LogP contribution in [0.25, 0.3) is 11.4 Å². The van der Waals surface area contributed by atoms with Crippen LogP contribution in [0.15, 0.2) is 48.5 Å². The number of nitrogens with one attached hydrogen (secondary N) is 1. The molecule has 3 aromatic rings. The summed E-state index contributed by atoms with van der Waals surface area (Å²) in [6.07, 6.45) is 2.91. The maximum Gasteiger partial charge on any atom is 0.330 e. The molecule has 0 fully saturated rings. The third kappa shape index (κ3) is 4.71. The number of carbonyl (C=O) groups is 2. The average Bonchev–Trinajstić information content (AvgIpc) is 3.21. The molecule has 1 heterocycles. The van der Waals surface area contributed by atoms with Crippen molar-refractivity contribution in [3.63, 3.8) is 0 Å². The first-order valence-electron chi connectivity index (χ1n) is 9.96. The molecule has 1 aliphatic rings. The van der Waals surface area contributed by atoms with Gasteiger partial charge in [0, 0.05) is 5.56 Å². The highest BCUT2D eigenvalue weighted by Gasteiger charge is 2.22. The molecule has 154 valence electrons. The molecule has 30 heavy (non-hydrogen) atoms. The number of aryl methyl sites for hydroxylation is 2. The molecule has 4 rings (SSSR count). The van der Waals surface area contributed by atoms with Crippen molar-refractivity contribution in [3.8, 4) is 11.4 Å². The summed E-state index contributed by atoms with van der Waals surface area (Å²) in [4.78, 5) is 25.5. The number of esters is 1. The summed E-state index contributed by atoms with van der Waals surface area (Å²) in [6, 6.07) is 15.7. The largest absolute Gasteiger partial charge is 0.454 e. The molecule has 8 nitrogen and oxygen atoms in total. The summed E-state index contributed by atoms with van der Waals surface area (Å²) in [6.45, 7) is 1.45. The van der Waals surface area contributed by atoms with Crippen LogP contribution in [0.4, 0.5) is 0 Å². The second-order valence-corrected chi connectivity index (χ2v) is 7.38. The monoisotopic (exact) mass is 405 g/mol. The first kappa shape index (κ1) is 19.8. The fourth-order valence-corrected chi connectivity index (χ4v) is 3.58. The Morgan fingerprint density at radius 1 is 1.17 bits per heavy atom. The number of carbonyl (C=O) groups excluding carboxylic acids is 2. The van der Waals surface area contributed by atoms with Gasteiger partial charge in [0.1, 0.15) is 0 Å². The van der Waals surface area contributed by atoms with Gasteiger partial charge in [-0.15, -0.1) is 10.2 Å². The molecule has 0 spiro atoms. The Bertz CT molecular complexity index is 1040. The van der Waals surface area contributed by atoms with Crippen LogP contribution in [-0.2, 0) is 27.3 Å². The molecular formula is C22H23N5O3. The van der Waals surface area contributed by atoms with Gasteiger partial charge in [-0.25, -0.2) is 4.79 Å². The lowest BCUT2D eigenvalue weighted by atomic mass is 9.88. The van der Waals surface area contributed by atoms with E-state index in [2.05, 4.69) is 26.8 Å². The minimum Gasteiger partial charge on any atom is -0.454 e. The number of hydrogen-bond acceptors (Lipinski definition) is 6. The Hall–Kier alpha value is -3.55. The number of fused-ring (bicyclic) bond motifs is 1. The molecule has 2 aromatic carbocycles. The summed E-state index contributed by atoms with van der Waals surface area (Å²) in [5.41, 5.74) is 4.34. The van der Waals surface area contributed by atoms with E-state index in [4.69, 9.17) is 4.74 Å². The highest BCUT2D eigenvalue weighted by molar-refractivity contribution is 5.80. The van der Waals surface area contributed by atoms with E-state index in [9.17, 15) is 9.59 Å². The molecule has 1 aliphatic carbocycles. The summed E-state index contributed by atoms with van der Waals surface area (Å²) in [5.74, 6) is -0.490. The first-order valence-corrected chi connectivity index (χ1v) is 9.96. The number of tetrazole rings is 1. The normalized spacial score (nSPS) is 15.3. The molecule has 1 N–H and O–H groups in total. The Labute approximate surface area is 174 Å². The maximum absolute atomic E-state index is 12.3. The van der Waals surface area contributed by atoms with Gasteiger partial charge in [-0.3, -0.25) is 4.79 Å². The quantitative estimate of drug-likeness (QED) is 0.632. The van der Waals surface area contributed by atoms with E-state index in [1.54, 1.807) is 0 Å². The smallest absolute Gasteiger partial charge is 0.330 e. The number of benzene rings is 2. The van der Waals surface area contributed by atoms with Crippen molar-refractivity contribution in [3.05, 3.63) is 65.2 Å². The van der Waals surface area contributed by atoms with Gasteiger partial charge in [0.05, 0.1) is 6.04 Å². The molecule has 1 aromatic heterocycles. The van der Waals surface area contributed by atoms with Crippen LogP contribution in [0, 0.1) is 6.92 Å². The lowest BCUT2D eigenvalue weighted by Crippen LogP contribution is -2.34. The predicted octanol–water partition coefficient (Wildman–Crippen LogP) is 2.39. The molecule has 0 bridgehead atoms. The fraction of sp³-hybridized carbons (Fsp3) is 0.318. The Kier molecular flexibility index (Phi) is 5.83. The van der Waals surface area contributed by atoms with Gasteiger partial charge >= 0.3 is 5.97 Å². The number of ether oxygens (including phenoxy) is 1. The summed E-state index contributed by atoms with van der Waals surface area (Å²) >= 11 is 0. The maximum atomic E-state index is 12.3. The molecule has 8 heteroatoms. The number of aromatic nitrogens is 4. The Morgan fingerprint density at radius 3 is 2.80 bits per heavy atom. The van der Waals surface area contributed by atoms with Crippen molar-refractivity contribution in [2.45, 2.75) is 38.8 Å². The standard InChI is InChI=1S/C22H23N5O3/c1-15-9-11-17(12-10-15)22-24-26-27(25-22)13-21(29)30-14-20(28)23-19-8-4-6-16-5-2-3-7-18(16)19/h2-3,5,7,9-12,19H,4,6,8,13-14H2,1H3,(H,23,28)/t19-/m0/s1. The van der Waals surface area contributed by atoms with Crippen molar-refractivity contribution in [1.29, 1.82) is 0 Å². The topological polar surface area (TPSA) is 99.0 Å². The van der Waals surface area contributed by atoms with Crippen LogP contribution in [0.3, 0.4) is 0 Å². The van der Waals surface area contributed by atoms with E-state index in [1.165, 1.54) is 5.56 Å². The van der Waals surface area contributed by atoms with E-state index in [1.807, 2.05) is 49.4 Å². The molecule has 0 saturated heterocycles. The van der Waals surface area contributed by atoms with E-state index in [0.717, 1.165) is 40.7 Å². The minimum absolute atomic E-state index is 0.0461. The van der Waals surface area contributed by atoms with Crippen molar-refractivity contribution in [2.24, 2.45) is 0 Å². The molecule has 0 unspecified atom stereocenters. The second-order valence-electron chi connectivity index (χ2n) is 7.38. The van der Waals surface area contributed by atoms with Crippen molar-refractivity contribution in [1.82, 2.24) is 25.5 Å². The van der Waals surface area contributed by atoms with Crippen LogP contribution in [-0.4, -0.2) is 38.7 Å². The van der Waals surface area contributed by atoms with Crippen LogP contribution >= 0.6 is 0 Å². The number of hydrogen-bond donors (Lipinski definition) is 1. The molecular weight excluding hydrogens is 382 g/mol. The zero-order valence-electron chi connectivity index (χ0n) is 16.7. The van der Waals surface area contributed by atoms with Gasteiger partial charge < -0.3 is 10.1 Å². The number of nitrogens with zero attached hydrogens (tertiary/aromatic N) is 4. The van der Waals surface area contributed by atoms with Gasteiger partial charge in [-0.2, -0.15) is 4.80 Å². The number of amides is 1. The van der Waals surface area contributed by atoms with Gasteiger partial charge in [0.2, 0.25) is 5.82 Å². The Morgan fingerprint density at radius 2 is 1.97 bits per heavy atom. The summed E-state index contributed by atoms with van der Waals surface area (Å²) < 4.78 is 5.09. The lowest BCUT2D eigenvalue weighted by Gasteiger charge is -2.26. The fourth-order valence-electron chi connectivity index (χ4n) is 3.58. The molecule has 1 atom stereocenters. The summed E-state index contributed by atoms with van der Waals surface area (Å²) in [7, 11) is 0. The van der Waals surface area contributed by atoms with Crippen molar-refractivity contribution in [2.75, 3.05) is 6.61 Å². The van der Waals surface area contributed by atoms with Crippen LogP contribution in [0.2, 0.25) is 0 Å². The predicted molar refractivity (Wildman–Crippen MR) is 109 cm³/mol. The molecule has 0 saturated carbocycles. The lowest BCUT2D eigenvalue weighted by molar-refractivity contribution is -0.149. The van der Waals surface area contributed by atoms with Crippen molar-refractivity contribution < 1.29 is 14.3 Å². The highest BCUT2D eigenvalue weighted by Crippen LogP contribution is 2.29. The third-order valence-electron chi connectivity index (χ3n) is 5.10. The molecule has 0 aliphatic heterocycles. The minimum atomic E-state index is -0.595. The van der Waals surface area contributed by atoms with Gasteiger partial charge in [-0.05, 0) is 42.5 Å². The number of rotatable bonds is 6. The Balaban J connectivity index is 1.27. The SMILES string of the molecule is Cc1ccc(-c2nnn(CC(=O)OCC(=O)N[C@H]3CCCc4ccccc43)n2)cc1. The van der Waals surface area contributed by atoms with Crippen LogP contribution < -0.4 is 5.32 Å². The van der Waals surface area contributed by atoms with E-state index in [-0.39, 0.29) is 25.1 Å². The van der Waals surface area contributed by atoms with E-state index in [0.29, 0.717) is 5.82 Å². The van der Waals surface area contributed by atoms with Gasteiger partial charge in [-0.1, -0.05) is 54.1 Å².